The number of nitrogens with zero attached hydrogens (tertiary/aromatic N) is 8. The summed E-state index contributed by atoms with van der Waals surface area (Å²) in [6.45, 7) is 3.36. The molecule has 202 valence electrons. The molecule has 13 heteroatoms. The average molecular weight is 548 g/mol. The predicted octanol–water partition coefficient (Wildman–Crippen LogP) is 2.29. The molecule has 1 unspecified atom stereocenters. The fraction of sp³-hybridized carbons (Fsp3) is 0.269. The predicted molar refractivity (Wildman–Crippen MR) is 146 cm³/mol. The lowest BCUT2D eigenvalue weighted by atomic mass is 9.95. The fourth-order valence-electron chi connectivity index (χ4n) is 4.67. The van der Waals surface area contributed by atoms with Crippen LogP contribution < -0.4 is 5.32 Å². The largest absolute Gasteiger partial charge is 0.412 e. The lowest BCUT2D eigenvalue weighted by Crippen LogP contribution is -2.34. The zero-order valence-corrected chi connectivity index (χ0v) is 22.4. The van der Waals surface area contributed by atoms with Gasteiger partial charge in [-0.15, -0.1) is 0 Å². The van der Waals surface area contributed by atoms with Crippen molar-refractivity contribution in [2.75, 3.05) is 18.4 Å². The van der Waals surface area contributed by atoms with Crippen molar-refractivity contribution in [3.63, 3.8) is 0 Å². The van der Waals surface area contributed by atoms with Crippen LogP contribution in [0.25, 0.3) is 11.3 Å². The first-order valence-electron chi connectivity index (χ1n) is 12.4. The van der Waals surface area contributed by atoms with Gasteiger partial charge < -0.3 is 15.4 Å². The smallest absolute Gasteiger partial charge is 0.262 e. The van der Waals surface area contributed by atoms with Crippen LogP contribution in [0.5, 0.6) is 0 Å². The van der Waals surface area contributed by atoms with Crippen molar-refractivity contribution in [1.82, 2.24) is 38.2 Å². The first-order valence-corrected chi connectivity index (χ1v) is 13.5. The summed E-state index contributed by atoms with van der Waals surface area (Å²) in [6, 6.07) is 11.7. The average Bonchev–Trinajstić information content (AvgIpc) is 3.67. The van der Waals surface area contributed by atoms with E-state index in [4.69, 9.17) is 5.10 Å². The Kier molecular flexibility index (Phi) is 7.37. The summed E-state index contributed by atoms with van der Waals surface area (Å²) in [5.41, 5.74) is 3.75. The standard InChI is InChI=1S/C26H27N9O2S.H2O/c1-18-4-6-20(7-5-18)35-23(30-26(36)21-15-29-34-11-3-10-27-25(21)34)14-22(31-35)19-8-12-33(13-9-19)38(37)24-16-32(2)17-28-24;/h3-7,10-11,14-17,19H,8-9,12-13H2,1-2H3,(H,30,36);1H2. The molecule has 1 saturated heterocycles. The number of anilines is 1. The molecule has 5 aromatic rings. The SMILES string of the molecule is Cc1ccc(-n2nc(C3CCN(S(=O)c4cn(C)cn4)CC3)cc2NC(=O)c2cnn3cccnc23)cc1.O. The highest BCUT2D eigenvalue weighted by Crippen LogP contribution is 2.31. The molecule has 3 N–H and O–H groups in total. The molecule has 0 spiro atoms. The molecule has 0 aliphatic carbocycles. The molecule has 5 heterocycles. The van der Waals surface area contributed by atoms with E-state index >= 15 is 0 Å². The van der Waals surface area contributed by atoms with Crippen LogP contribution in [-0.2, 0) is 18.0 Å². The van der Waals surface area contributed by atoms with E-state index in [0.717, 1.165) is 29.8 Å². The Balaban J connectivity index is 0.00000308. The number of fused-ring (bicyclic) bond motifs is 1. The molecule has 1 atom stereocenters. The summed E-state index contributed by atoms with van der Waals surface area (Å²) in [7, 11) is 0.585. The van der Waals surface area contributed by atoms with Gasteiger partial charge in [-0.25, -0.2) is 27.7 Å². The Morgan fingerprint density at radius 2 is 1.90 bits per heavy atom. The molecular formula is C26H29N9O3S. The lowest BCUT2D eigenvalue weighted by Gasteiger charge is -2.29. The first-order chi connectivity index (χ1) is 18.5. The second-order valence-electron chi connectivity index (χ2n) is 9.43. The van der Waals surface area contributed by atoms with Gasteiger partial charge in [-0.2, -0.15) is 10.2 Å². The molecule has 1 aliphatic rings. The van der Waals surface area contributed by atoms with Crippen LogP contribution in [0.4, 0.5) is 5.82 Å². The van der Waals surface area contributed by atoms with Gasteiger partial charge in [-0.05, 0) is 38.0 Å². The minimum Gasteiger partial charge on any atom is -0.412 e. The van der Waals surface area contributed by atoms with Gasteiger partial charge in [0.2, 0.25) is 0 Å². The molecular weight excluding hydrogens is 518 g/mol. The van der Waals surface area contributed by atoms with Crippen molar-refractivity contribution >= 4 is 28.4 Å². The van der Waals surface area contributed by atoms with E-state index in [0.29, 0.717) is 35.1 Å². The first kappa shape index (κ1) is 26.4. The second-order valence-corrected chi connectivity index (χ2v) is 10.9. The number of aromatic nitrogens is 7. The molecule has 39 heavy (non-hydrogen) atoms. The highest BCUT2D eigenvalue weighted by molar-refractivity contribution is 7.82. The Labute approximate surface area is 227 Å². The van der Waals surface area contributed by atoms with Crippen LogP contribution in [-0.4, -0.2) is 66.9 Å². The maximum atomic E-state index is 13.3. The van der Waals surface area contributed by atoms with Crippen molar-refractivity contribution in [2.24, 2.45) is 7.05 Å². The molecule has 1 amide bonds. The summed E-state index contributed by atoms with van der Waals surface area (Å²) in [4.78, 5) is 21.8. The van der Waals surface area contributed by atoms with E-state index < -0.39 is 11.0 Å². The fourth-order valence-corrected chi connectivity index (χ4v) is 5.87. The van der Waals surface area contributed by atoms with Gasteiger partial charge in [0.1, 0.15) is 22.4 Å². The molecule has 1 aromatic carbocycles. The van der Waals surface area contributed by atoms with E-state index in [9.17, 15) is 9.00 Å². The Morgan fingerprint density at radius 1 is 1.13 bits per heavy atom. The maximum Gasteiger partial charge on any atom is 0.262 e. The van der Waals surface area contributed by atoms with Gasteiger partial charge in [-0.3, -0.25) is 4.79 Å². The monoisotopic (exact) mass is 547 g/mol. The van der Waals surface area contributed by atoms with Gasteiger partial charge in [0, 0.05) is 50.7 Å². The molecule has 4 aromatic heterocycles. The molecule has 0 saturated carbocycles. The Hall–Kier alpha value is -4.20. The van der Waals surface area contributed by atoms with E-state index in [-0.39, 0.29) is 17.3 Å². The van der Waals surface area contributed by atoms with Gasteiger partial charge in [-0.1, -0.05) is 17.7 Å². The quantitative estimate of drug-likeness (QED) is 0.345. The minimum atomic E-state index is -1.28. The van der Waals surface area contributed by atoms with Crippen LogP contribution in [0.1, 0.15) is 40.4 Å². The number of nitrogens with one attached hydrogen (secondary N) is 1. The van der Waals surface area contributed by atoms with Crippen molar-refractivity contribution in [3.8, 4) is 5.69 Å². The topological polar surface area (TPSA) is 147 Å². The number of piperidine rings is 1. The normalized spacial score (nSPS) is 15.2. The Morgan fingerprint density at radius 3 is 2.62 bits per heavy atom. The van der Waals surface area contributed by atoms with E-state index in [1.54, 1.807) is 44.7 Å². The van der Waals surface area contributed by atoms with Crippen LogP contribution >= 0.6 is 0 Å². The number of aryl methyl sites for hydroxylation is 2. The molecule has 1 aliphatic heterocycles. The molecule has 0 bridgehead atoms. The maximum absolute atomic E-state index is 13.3. The summed E-state index contributed by atoms with van der Waals surface area (Å²) in [5.74, 6) is 0.440. The van der Waals surface area contributed by atoms with E-state index in [2.05, 4.69) is 20.4 Å². The summed E-state index contributed by atoms with van der Waals surface area (Å²) < 4.78 is 20.0. The number of amides is 1. The van der Waals surface area contributed by atoms with Crippen molar-refractivity contribution in [2.45, 2.75) is 30.7 Å². The third-order valence-electron chi connectivity index (χ3n) is 6.74. The van der Waals surface area contributed by atoms with Crippen LogP contribution in [0.3, 0.4) is 0 Å². The van der Waals surface area contributed by atoms with Crippen LogP contribution in [0.2, 0.25) is 0 Å². The number of carbonyl (C=O) groups excluding carboxylic acids is 1. The highest BCUT2D eigenvalue weighted by atomic mass is 32.2. The summed E-state index contributed by atoms with van der Waals surface area (Å²) >= 11 is 0. The van der Waals surface area contributed by atoms with Crippen molar-refractivity contribution in [1.29, 1.82) is 0 Å². The zero-order chi connectivity index (χ0) is 26.2. The highest BCUT2D eigenvalue weighted by Gasteiger charge is 2.28. The third kappa shape index (κ3) is 5.24. The van der Waals surface area contributed by atoms with Gasteiger partial charge >= 0.3 is 0 Å². The van der Waals surface area contributed by atoms with Gasteiger partial charge in [0.25, 0.3) is 5.91 Å². The molecule has 12 nitrogen and oxygen atoms in total. The van der Waals surface area contributed by atoms with E-state index in [1.165, 1.54) is 6.20 Å². The molecule has 1 fully saturated rings. The van der Waals surface area contributed by atoms with Gasteiger partial charge in [0.15, 0.2) is 10.7 Å². The number of rotatable bonds is 6. The second kappa shape index (κ2) is 10.9. The molecule has 0 radical (unpaired) electrons. The molecule has 6 rings (SSSR count). The van der Waals surface area contributed by atoms with Crippen molar-refractivity contribution < 1.29 is 14.5 Å². The van der Waals surface area contributed by atoms with Crippen molar-refractivity contribution in [3.05, 3.63) is 84.3 Å². The summed E-state index contributed by atoms with van der Waals surface area (Å²) in [6.07, 6.45) is 9.96. The summed E-state index contributed by atoms with van der Waals surface area (Å²) in [5, 5.41) is 12.7. The number of benzene rings is 1. The number of hydrogen-bond donors (Lipinski definition) is 1. The minimum absolute atomic E-state index is 0. The number of imidazole rings is 1. The van der Waals surface area contributed by atoms with E-state index in [1.807, 2.05) is 48.6 Å². The lowest BCUT2D eigenvalue weighted by molar-refractivity contribution is 0.102. The number of hydrogen-bond acceptors (Lipinski definition) is 6. The third-order valence-corrected chi connectivity index (χ3v) is 8.14. The van der Waals surface area contributed by atoms with Gasteiger partial charge in [0.05, 0.1) is 23.9 Å². The van der Waals surface area contributed by atoms with Crippen LogP contribution in [0, 0.1) is 6.92 Å². The zero-order valence-electron chi connectivity index (χ0n) is 21.6. The Bertz CT molecular complexity index is 1630. The number of carbonyl (C=O) groups is 1. The van der Waals surface area contributed by atoms with Crippen LogP contribution in [0.15, 0.2) is 72.5 Å².